The fraction of sp³-hybridized carbons (Fsp3) is 0.900. The van der Waals surface area contributed by atoms with Gasteiger partial charge < -0.3 is 19.9 Å². The molecule has 0 saturated carbocycles. The first kappa shape index (κ1) is 13.5. The Morgan fingerprint density at radius 1 is 1.25 bits per heavy atom. The molecule has 0 aromatic carbocycles. The minimum atomic E-state index is 0. The van der Waals surface area contributed by atoms with Gasteiger partial charge in [-0.25, -0.2) is 4.79 Å². The van der Waals surface area contributed by atoms with Crippen molar-refractivity contribution in [3.63, 3.8) is 0 Å². The van der Waals surface area contributed by atoms with E-state index in [4.69, 9.17) is 4.74 Å². The normalized spacial score (nSPS) is 26.2. The van der Waals surface area contributed by atoms with E-state index in [-0.39, 0.29) is 18.4 Å². The van der Waals surface area contributed by atoms with Gasteiger partial charge in [-0.15, -0.1) is 12.4 Å². The molecule has 2 aliphatic rings. The zero-order valence-electron chi connectivity index (χ0n) is 9.65. The summed E-state index contributed by atoms with van der Waals surface area (Å²) in [6.07, 6.45) is 0. The van der Waals surface area contributed by atoms with Crippen molar-refractivity contribution in [1.82, 2.24) is 15.1 Å². The Morgan fingerprint density at radius 3 is 2.56 bits per heavy atom. The Bertz CT molecular complexity index is 234. The Kier molecular flexibility index (Phi) is 5.31. The number of carbonyl (C=O) groups is 1. The summed E-state index contributed by atoms with van der Waals surface area (Å²) in [5.74, 6) is 0. The van der Waals surface area contributed by atoms with Crippen LogP contribution in [0.2, 0.25) is 0 Å². The maximum Gasteiger partial charge on any atom is 0.320 e. The van der Waals surface area contributed by atoms with E-state index in [1.54, 1.807) is 0 Å². The van der Waals surface area contributed by atoms with Crippen molar-refractivity contribution < 1.29 is 9.53 Å². The van der Waals surface area contributed by atoms with Crippen molar-refractivity contribution in [1.29, 1.82) is 0 Å². The number of nitrogens with zero attached hydrogens (tertiary/aromatic N) is 2. The number of rotatable bonds is 0. The Morgan fingerprint density at radius 2 is 1.94 bits per heavy atom. The average Bonchev–Trinajstić information content (AvgIpc) is 2.29. The highest BCUT2D eigenvalue weighted by atomic mass is 35.5. The molecule has 1 N–H and O–H groups in total. The van der Waals surface area contributed by atoms with Gasteiger partial charge in [0.05, 0.1) is 13.2 Å². The Hall–Kier alpha value is -0.520. The average molecular weight is 250 g/mol. The van der Waals surface area contributed by atoms with Gasteiger partial charge in [-0.1, -0.05) is 0 Å². The van der Waals surface area contributed by atoms with Gasteiger partial charge >= 0.3 is 6.03 Å². The van der Waals surface area contributed by atoms with Crippen LogP contribution in [0, 0.1) is 0 Å². The lowest BCUT2D eigenvalue weighted by atomic mass is 10.2. The lowest BCUT2D eigenvalue weighted by Crippen LogP contribution is -2.56. The van der Waals surface area contributed by atoms with E-state index in [0.29, 0.717) is 19.3 Å². The predicted octanol–water partition coefficient (Wildman–Crippen LogP) is 0.154. The van der Waals surface area contributed by atoms with Crippen molar-refractivity contribution in [3.05, 3.63) is 0 Å². The molecule has 2 amide bonds. The van der Waals surface area contributed by atoms with Crippen LogP contribution in [0.15, 0.2) is 0 Å². The van der Waals surface area contributed by atoms with E-state index < -0.39 is 0 Å². The monoisotopic (exact) mass is 249 g/mol. The smallest absolute Gasteiger partial charge is 0.320 e. The summed E-state index contributed by atoms with van der Waals surface area (Å²) in [6.45, 7) is 7.46. The van der Waals surface area contributed by atoms with Crippen molar-refractivity contribution in [2.75, 3.05) is 45.9 Å². The molecule has 1 atom stereocenters. The summed E-state index contributed by atoms with van der Waals surface area (Å²) in [7, 11) is 0. The van der Waals surface area contributed by atoms with Crippen molar-refractivity contribution in [2.24, 2.45) is 0 Å². The summed E-state index contributed by atoms with van der Waals surface area (Å²) in [4.78, 5) is 15.9. The van der Waals surface area contributed by atoms with Gasteiger partial charge in [0.15, 0.2) is 0 Å². The minimum absolute atomic E-state index is 0. The van der Waals surface area contributed by atoms with Crippen LogP contribution in [0.25, 0.3) is 0 Å². The highest BCUT2D eigenvalue weighted by Crippen LogP contribution is 2.06. The number of hydrogen-bond acceptors (Lipinski definition) is 3. The van der Waals surface area contributed by atoms with Crippen molar-refractivity contribution in [3.8, 4) is 0 Å². The molecule has 2 rings (SSSR count). The number of amides is 2. The second-order valence-electron chi connectivity index (χ2n) is 4.18. The molecule has 94 valence electrons. The molecular weight excluding hydrogens is 230 g/mol. The minimum Gasteiger partial charge on any atom is -0.378 e. The number of urea groups is 1. The molecular formula is C10H20ClN3O2. The van der Waals surface area contributed by atoms with E-state index in [0.717, 1.165) is 32.7 Å². The zero-order valence-corrected chi connectivity index (χ0v) is 10.5. The second kappa shape index (κ2) is 6.27. The zero-order chi connectivity index (χ0) is 10.7. The molecule has 0 spiro atoms. The first-order valence-corrected chi connectivity index (χ1v) is 5.62. The van der Waals surface area contributed by atoms with Crippen LogP contribution in [0.4, 0.5) is 4.79 Å². The third-order valence-corrected chi connectivity index (χ3v) is 2.92. The summed E-state index contributed by atoms with van der Waals surface area (Å²) in [5.41, 5.74) is 0. The van der Waals surface area contributed by atoms with E-state index in [1.165, 1.54) is 0 Å². The van der Waals surface area contributed by atoms with Crippen LogP contribution >= 0.6 is 12.4 Å². The highest BCUT2D eigenvalue weighted by molar-refractivity contribution is 5.85. The van der Waals surface area contributed by atoms with Crippen molar-refractivity contribution in [2.45, 2.75) is 13.0 Å². The molecule has 6 heteroatoms. The number of ether oxygens (including phenoxy) is 1. The molecule has 0 aliphatic carbocycles. The van der Waals surface area contributed by atoms with E-state index in [2.05, 4.69) is 12.2 Å². The Labute approximate surface area is 103 Å². The molecule has 2 aliphatic heterocycles. The predicted molar refractivity (Wildman–Crippen MR) is 64.1 cm³/mol. The largest absolute Gasteiger partial charge is 0.378 e. The number of halogens is 1. The fourth-order valence-electron chi connectivity index (χ4n) is 2.06. The first-order valence-electron chi connectivity index (χ1n) is 5.62. The van der Waals surface area contributed by atoms with E-state index in [9.17, 15) is 4.79 Å². The molecule has 2 heterocycles. The van der Waals surface area contributed by atoms with Gasteiger partial charge in [-0.3, -0.25) is 0 Å². The number of morpholine rings is 1. The maximum absolute atomic E-state index is 12.1. The highest BCUT2D eigenvalue weighted by Gasteiger charge is 2.25. The van der Waals surface area contributed by atoms with Gasteiger partial charge in [-0.2, -0.15) is 0 Å². The molecule has 5 nitrogen and oxygen atoms in total. The topological polar surface area (TPSA) is 44.8 Å². The van der Waals surface area contributed by atoms with Crippen LogP contribution in [0.5, 0.6) is 0 Å². The number of carbonyl (C=O) groups excluding carboxylic acids is 1. The molecule has 2 fully saturated rings. The van der Waals surface area contributed by atoms with Gasteiger partial charge in [0.25, 0.3) is 0 Å². The first-order chi connectivity index (χ1) is 7.27. The molecule has 16 heavy (non-hydrogen) atoms. The van der Waals surface area contributed by atoms with Crippen LogP contribution in [-0.2, 0) is 4.74 Å². The molecule has 0 radical (unpaired) electrons. The van der Waals surface area contributed by atoms with E-state index >= 15 is 0 Å². The second-order valence-corrected chi connectivity index (χ2v) is 4.18. The number of piperazine rings is 1. The molecule has 0 aromatic heterocycles. The Balaban J connectivity index is 0.00000128. The van der Waals surface area contributed by atoms with Gasteiger partial charge in [-0.05, 0) is 6.92 Å². The summed E-state index contributed by atoms with van der Waals surface area (Å²) >= 11 is 0. The SMILES string of the molecule is CC1CN(C(=O)N2CCOCC2)CCN1.Cl. The van der Waals surface area contributed by atoms with Crippen LogP contribution in [0.1, 0.15) is 6.92 Å². The summed E-state index contributed by atoms with van der Waals surface area (Å²) < 4.78 is 5.23. The van der Waals surface area contributed by atoms with Gasteiger partial charge in [0, 0.05) is 38.8 Å². The molecule has 0 bridgehead atoms. The fourth-order valence-corrected chi connectivity index (χ4v) is 2.06. The van der Waals surface area contributed by atoms with E-state index in [1.807, 2.05) is 9.80 Å². The maximum atomic E-state index is 12.1. The summed E-state index contributed by atoms with van der Waals surface area (Å²) in [5, 5.41) is 3.33. The molecule has 2 saturated heterocycles. The third kappa shape index (κ3) is 3.23. The lowest BCUT2D eigenvalue weighted by molar-refractivity contribution is 0.0410. The van der Waals surface area contributed by atoms with Gasteiger partial charge in [0.2, 0.25) is 0 Å². The lowest BCUT2D eigenvalue weighted by Gasteiger charge is -2.37. The summed E-state index contributed by atoms with van der Waals surface area (Å²) in [6, 6.07) is 0.579. The quantitative estimate of drug-likeness (QED) is 0.665. The van der Waals surface area contributed by atoms with Crippen LogP contribution < -0.4 is 5.32 Å². The van der Waals surface area contributed by atoms with Gasteiger partial charge in [0.1, 0.15) is 0 Å². The van der Waals surface area contributed by atoms with Crippen molar-refractivity contribution >= 4 is 18.4 Å². The number of hydrogen-bond donors (Lipinski definition) is 1. The van der Waals surface area contributed by atoms with Crippen LogP contribution in [-0.4, -0.2) is 67.8 Å². The molecule has 0 aromatic rings. The number of nitrogens with one attached hydrogen (secondary N) is 1. The van der Waals surface area contributed by atoms with Crippen LogP contribution in [0.3, 0.4) is 0 Å². The third-order valence-electron chi connectivity index (χ3n) is 2.92. The molecule has 1 unspecified atom stereocenters. The standard InChI is InChI=1S/C10H19N3O2.ClH/c1-9-8-13(3-2-11-9)10(14)12-4-6-15-7-5-12;/h9,11H,2-8H2,1H3;1H.